The van der Waals surface area contributed by atoms with Gasteiger partial charge in [0.2, 0.25) is 0 Å². The van der Waals surface area contributed by atoms with E-state index in [0.29, 0.717) is 12.1 Å². The Labute approximate surface area is 105 Å². The van der Waals surface area contributed by atoms with E-state index in [9.17, 15) is 13.6 Å². The van der Waals surface area contributed by atoms with E-state index in [1.807, 2.05) is 4.90 Å². The summed E-state index contributed by atoms with van der Waals surface area (Å²) in [5, 5.41) is 0. The Balaban J connectivity index is 1.94. The number of carbonyl (C=O) groups is 1. The molecule has 0 radical (unpaired) electrons. The highest BCUT2D eigenvalue weighted by Gasteiger charge is 2.17. The predicted octanol–water partition coefficient (Wildman–Crippen LogP) is 1.68. The number of carbonyl (C=O) groups excluding carboxylic acids is 1. The standard InChI is InChI=1S/C13H16F2N2O/c14-11-8-12(15)10-13(9-11)17-5-3-16(4-6-17)2-1-7-18/h7-10H,1-6H2. The van der Waals surface area contributed by atoms with E-state index in [-0.39, 0.29) is 0 Å². The molecule has 0 amide bonds. The summed E-state index contributed by atoms with van der Waals surface area (Å²) in [5.74, 6) is -1.10. The first-order valence-electron chi connectivity index (χ1n) is 6.06. The van der Waals surface area contributed by atoms with Crippen LogP contribution in [0, 0.1) is 11.6 Å². The van der Waals surface area contributed by atoms with Crippen molar-refractivity contribution in [2.45, 2.75) is 6.42 Å². The van der Waals surface area contributed by atoms with Crippen molar-refractivity contribution in [2.75, 3.05) is 37.6 Å². The van der Waals surface area contributed by atoms with Crippen molar-refractivity contribution in [1.82, 2.24) is 4.90 Å². The number of hydrogen-bond donors (Lipinski definition) is 0. The first kappa shape index (κ1) is 13.0. The van der Waals surface area contributed by atoms with E-state index in [1.54, 1.807) is 0 Å². The second-order valence-electron chi connectivity index (χ2n) is 4.41. The van der Waals surface area contributed by atoms with E-state index in [0.717, 1.165) is 45.1 Å². The van der Waals surface area contributed by atoms with Gasteiger partial charge in [0.1, 0.15) is 17.9 Å². The Hall–Kier alpha value is -1.49. The fourth-order valence-electron chi connectivity index (χ4n) is 2.19. The number of nitrogens with zero attached hydrogens (tertiary/aromatic N) is 2. The number of rotatable bonds is 4. The normalized spacial score (nSPS) is 16.9. The third-order valence-electron chi connectivity index (χ3n) is 3.15. The van der Waals surface area contributed by atoms with Crippen molar-refractivity contribution in [3.8, 4) is 0 Å². The average molecular weight is 254 g/mol. The maximum Gasteiger partial charge on any atom is 0.128 e. The van der Waals surface area contributed by atoms with Gasteiger partial charge in [0.05, 0.1) is 0 Å². The molecular weight excluding hydrogens is 238 g/mol. The molecule has 1 fully saturated rings. The molecule has 2 rings (SSSR count). The first-order chi connectivity index (χ1) is 8.69. The summed E-state index contributed by atoms with van der Waals surface area (Å²) in [6.45, 7) is 3.83. The van der Waals surface area contributed by atoms with Crippen LogP contribution in [-0.2, 0) is 4.79 Å². The van der Waals surface area contributed by atoms with Crippen LogP contribution in [0.25, 0.3) is 0 Å². The Morgan fingerprint density at radius 3 is 2.22 bits per heavy atom. The van der Waals surface area contributed by atoms with Crippen molar-refractivity contribution in [3.63, 3.8) is 0 Å². The smallest absolute Gasteiger partial charge is 0.128 e. The highest BCUT2D eigenvalue weighted by molar-refractivity contribution is 5.49. The van der Waals surface area contributed by atoms with Crippen LogP contribution in [0.4, 0.5) is 14.5 Å². The van der Waals surface area contributed by atoms with E-state index in [1.165, 1.54) is 12.1 Å². The molecule has 0 N–H and O–H groups in total. The van der Waals surface area contributed by atoms with Gasteiger partial charge in [-0.15, -0.1) is 0 Å². The molecule has 1 aliphatic heterocycles. The van der Waals surface area contributed by atoms with Crippen LogP contribution < -0.4 is 4.90 Å². The molecule has 0 bridgehead atoms. The number of halogens is 2. The highest BCUT2D eigenvalue weighted by Crippen LogP contribution is 2.19. The zero-order valence-electron chi connectivity index (χ0n) is 10.1. The van der Waals surface area contributed by atoms with Crippen LogP contribution in [0.3, 0.4) is 0 Å². The maximum atomic E-state index is 13.1. The van der Waals surface area contributed by atoms with Gasteiger partial charge in [-0.25, -0.2) is 8.78 Å². The quantitative estimate of drug-likeness (QED) is 0.764. The Bertz CT molecular complexity index is 397. The fourth-order valence-corrected chi connectivity index (χ4v) is 2.19. The van der Waals surface area contributed by atoms with Gasteiger partial charge in [0, 0.05) is 50.9 Å². The molecule has 1 saturated heterocycles. The molecule has 3 nitrogen and oxygen atoms in total. The van der Waals surface area contributed by atoms with Crippen LogP contribution >= 0.6 is 0 Å². The lowest BCUT2D eigenvalue weighted by Crippen LogP contribution is -2.46. The first-order valence-corrected chi connectivity index (χ1v) is 6.06. The van der Waals surface area contributed by atoms with Crippen LogP contribution in [0.15, 0.2) is 18.2 Å². The zero-order chi connectivity index (χ0) is 13.0. The van der Waals surface area contributed by atoms with Crippen molar-refractivity contribution in [1.29, 1.82) is 0 Å². The van der Waals surface area contributed by atoms with Gasteiger partial charge in [0.25, 0.3) is 0 Å². The number of aldehydes is 1. The molecule has 0 saturated carbocycles. The maximum absolute atomic E-state index is 13.1. The summed E-state index contributed by atoms with van der Waals surface area (Å²) in [6.07, 6.45) is 1.45. The molecule has 1 aromatic carbocycles. The molecule has 0 spiro atoms. The highest BCUT2D eigenvalue weighted by atomic mass is 19.1. The number of benzene rings is 1. The van der Waals surface area contributed by atoms with E-state index in [4.69, 9.17) is 0 Å². The van der Waals surface area contributed by atoms with Crippen molar-refractivity contribution in [2.24, 2.45) is 0 Å². The van der Waals surface area contributed by atoms with Crippen LogP contribution in [-0.4, -0.2) is 43.9 Å². The molecule has 0 atom stereocenters. The lowest BCUT2D eigenvalue weighted by molar-refractivity contribution is -0.108. The van der Waals surface area contributed by atoms with Gasteiger partial charge in [-0.05, 0) is 12.1 Å². The van der Waals surface area contributed by atoms with Gasteiger partial charge in [-0.3, -0.25) is 4.90 Å². The molecule has 1 aliphatic rings. The predicted molar refractivity (Wildman–Crippen MR) is 65.7 cm³/mol. The van der Waals surface area contributed by atoms with Crippen LogP contribution in [0.2, 0.25) is 0 Å². The summed E-state index contributed by atoms with van der Waals surface area (Å²) >= 11 is 0. The van der Waals surface area contributed by atoms with Crippen LogP contribution in [0.5, 0.6) is 0 Å². The summed E-state index contributed by atoms with van der Waals surface area (Å²) in [7, 11) is 0. The fraction of sp³-hybridized carbons (Fsp3) is 0.462. The summed E-state index contributed by atoms with van der Waals surface area (Å²) < 4.78 is 26.2. The molecule has 98 valence electrons. The van der Waals surface area contributed by atoms with Crippen molar-refractivity contribution in [3.05, 3.63) is 29.8 Å². The SMILES string of the molecule is O=CCCN1CCN(c2cc(F)cc(F)c2)CC1. The lowest BCUT2D eigenvalue weighted by Gasteiger charge is -2.35. The molecule has 0 aromatic heterocycles. The number of piperazine rings is 1. The zero-order valence-corrected chi connectivity index (χ0v) is 10.1. The van der Waals surface area contributed by atoms with E-state index >= 15 is 0 Å². The monoisotopic (exact) mass is 254 g/mol. The van der Waals surface area contributed by atoms with Crippen molar-refractivity contribution >= 4 is 12.0 Å². The molecule has 18 heavy (non-hydrogen) atoms. The van der Waals surface area contributed by atoms with E-state index in [2.05, 4.69) is 4.90 Å². The molecule has 0 unspecified atom stereocenters. The molecular formula is C13H16F2N2O. The minimum absolute atomic E-state index is 0.536. The number of hydrogen-bond acceptors (Lipinski definition) is 3. The molecule has 1 heterocycles. The van der Waals surface area contributed by atoms with Crippen molar-refractivity contribution < 1.29 is 13.6 Å². The minimum atomic E-state index is -0.548. The van der Waals surface area contributed by atoms with Gasteiger partial charge >= 0.3 is 0 Å². The van der Waals surface area contributed by atoms with Gasteiger partial charge in [-0.2, -0.15) is 0 Å². The minimum Gasteiger partial charge on any atom is -0.369 e. The Kier molecular flexibility index (Phi) is 4.25. The van der Waals surface area contributed by atoms with Crippen LogP contribution in [0.1, 0.15) is 6.42 Å². The third-order valence-corrected chi connectivity index (χ3v) is 3.15. The summed E-state index contributed by atoms with van der Waals surface area (Å²) in [6, 6.07) is 3.58. The summed E-state index contributed by atoms with van der Waals surface area (Å²) in [4.78, 5) is 14.4. The number of anilines is 1. The Morgan fingerprint density at radius 2 is 1.67 bits per heavy atom. The molecule has 0 aliphatic carbocycles. The lowest BCUT2D eigenvalue weighted by atomic mass is 10.2. The second kappa shape index (κ2) is 5.91. The van der Waals surface area contributed by atoms with Gasteiger partial charge < -0.3 is 9.69 Å². The van der Waals surface area contributed by atoms with E-state index < -0.39 is 11.6 Å². The second-order valence-corrected chi connectivity index (χ2v) is 4.41. The van der Waals surface area contributed by atoms with Gasteiger partial charge in [-0.1, -0.05) is 0 Å². The topological polar surface area (TPSA) is 23.6 Å². The average Bonchev–Trinajstić information content (AvgIpc) is 2.36. The third kappa shape index (κ3) is 3.26. The van der Waals surface area contributed by atoms with Gasteiger partial charge in [0.15, 0.2) is 0 Å². The molecule has 1 aromatic rings. The molecule has 5 heteroatoms. The largest absolute Gasteiger partial charge is 0.369 e. The summed E-state index contributed by atoms with van der Waals surface area (Å²) in [5.41, 5.74) is 0.586. The Morgan fingerprint density at radius 1 is 1.06 bits per heavy atom.